The molecule has 1 fully saturated rings. The molecule has 1 atom stereocenters. The van der Waals surface area contributed by atoms with Gasteiger partial charge in [0, 0.05) is 0 Å². The highest BCUT2D eigenvalue weighted by Gasteiger charge is 2.54. The molecule has 124 valence electrons. The Hall–Kier alpha value is -2.06. The predicted molar refractivity (Wildman–Crippen MR) is 87.8 cm³/mol. The van der Waals surface area contributed by atoms with Crippen LogP contribution in [0.3, 0.4) is 0 Å². The Kier molecular flexibility index (Phi) is 4.96. The van der Waals surface area contributed by atoms with Crippen molar-refractivity contribution in [3.05, 3.63) is 47.3 Å². The Labute approximate surface area is 137 Å². The van der Waals surface area contributed by atoms with Crippen molar-refractivity contribution in [2.24, 2.45) is 0 Å². The fraction of sp³-hybridized carbons (Fsp3) is 0.556. The summed E-state index contributed by atoms with van der Waals surface area (Å²) in [6.45, 7) is 13.0. The van der Waals surface area contributed by atoms with E-state index in [0.29, 0.717) is 0 Å². The first-order chi connectivity index (χ1) is 10.8. The van der Waals surface area contributed by atoms with Crippen LogP contribution in [-0.4, -0.2) is 40.3 Å². The molecule has 0 aliphatic heterocycles. The molecule has 0 spiro atoms. The molecule has 1 saturated carbocycles. The molecule has 1 unspecified atom stereocenters. The van der Waals surface area contributed by atoms with Crippen LogP contribution in [0, 0.1) is 6.57 Å². The van der Waals surface area contributed by atoms with Crippen molar-refractivity contribution in [1.82, 2.24) is 4.90 Å². The van der Waals surface area contributed by atoms with E-state index in [1.807, 2.05) is 51.1 Å². The van der Waals surface area contributed by atoms with Crippen molar-refractivity contribution in [3.8, 4) is 0 Å². The number of aliphatic hydroxyl groups is 1. The Morgan fingerprint density at radius 2 is 2.00 bits per heavy atom. The predicted octanol–water partition coefficient (Wildman–Crippen LogP) is 3.41. The second-order valence-electron chi connectivity index (χ2n) is 7.06. The summed E-state index contributed by atoms with van der Waals surface area (Å²) in [5, 5.41) is 10.5. The number of aliphatic hydroxyl groups excluding tert-OH is 1. The van der Waals surface area contributed by atoms with Crippen molar-refractivity contribution in [2.75, 3.05) is 13.1 Å². The van der Waals surface area contributed by atoms with Crippen LogP contribution in [0.2, 0.25) is 0 Å². The molecule has 0 radical (unpaired) electrons. The van der Waals surface area contributed by atoms with Gasteiger partial charge in [0.05, 0.1) is 12.6 Å². The van der Waals surface area contributed by atoms with Crippen molar-refractivity contribution >= 4 is 6.09 Å². The highest BCUT2D eigenvalue weighted by atomic mass is 16.6. The first-order valence-electron chi connectivity index (χ1n) is 7.84. The van der Waals surface area contributed by atoms with E-state index < -0.39 is 23.3 Å². The van der Waals surface area contributed by atoms with E-state index in [9.17, 15) is 9.90 Å². The highest BCUT2D eigenvalue weighted by Crippen LogP contribution is 2.43. The van der Waals surface area contributed by atoms with Crippen molar-refractivity contribution in [3.63, 3.8) is 0 Å². The number of ether oxygens (including phenoxy) is 1. The molecule has 5 heteroatoms. The minimum absolute atomic E-state index is 0.133. The molecular formula is C18H24N2O3. The van der Waals surface area contributed by atoms with Gasteiger partial charge in [-0.15, -0.1) is 0 Å². The molecule has 1 aromatic carbocycles. The van der Waals surface area contributed by atoms with E-state index in [4.69, 9.17) is 11.3 Å². The summed E-state index contributed by atoms with van der Waals surface area (Å²) in [6, 6.07) is 9.23. The quantitative estimate of drug-likeness (QED) is 0.847. The number of carbonyl (C=O) groups is 1. The Morgan fingerprint density at radius 1 is 1.39 bits per heavy atom. The molecule has 0 saturated heterocycles. The molecule has 1 aliphatic rings. The maximum Gasteiger partial charge on any atom is 0.411 e. The van der Waals surface area contributed by atoms with Crippen LogP contribution in [0.25, 0.3) is 4.85 Å². The van der Waals surface area contributed by atoms with E-state index in [2.05, 4.69) is 4.85 Å². The minimum Gasteiger partial charge on any atom is -0.444 e. The first kappa shape index (κ1) is 17.3. The van der Waals surface area contributed by atoms with E-state index in [1.165, 1.54) is 0 Å². The first-order valence-corrected chi connectivity index (χ1v) is 7.84. The Bertz CT molecular complexity index is 583. The standard InChI is InChI=1S/C18H24N2O3/c1-17(2,3)23-16(22)20(18(10-11-18)13-19-4)12-15(21)14-8-6-5-7-9-14/h5-9,15,21H,10-13H2,1-3H3. The summed E-state index contributed by atoms with van der Waals surface area (Å²) in [4.78, 5) is 17.6. The molecule has 1 N–H and O–H groups in total. The normalized spacial score (nSPS) is 17.0. The number of hydrogen-bond donors (Lipinski definition) is 1. The van der Waals surface area contributed by atoms with E-state index in [-0.39, 0.29) is 13.1 Å². The van der Waals surface area contributed by atoms with Crippen molar-refractivity contribution in [2.45, 2.75) is 50.9 Å². The van der Waals surface area contributed by atoms with Gasteiger partial charge < -0.3 is 14.7 Å². The molecule has 0 heterocycles. The number of carbonyl (C=O) groups excluding carboxylic acids is 1. The van der Waals surface area contributed by atoms with E-state index in [0.717, 1.165) is 18.4 Å². The average molecular weight is 316 g/mol. The molecule has 1 amide bonds. The van der Waals surface area contributed by atoms with Crippen molar-refractivity contribution < 1.29 is 14.6 Å². The summed E-state index contributed by atoms with van der Waals surface area (Å²) in [6.07, 6.45) is 0.285. The lowest BCUT2D eigenvalue weighted by molar-refractivity contribution is 0.00166. The largest absolute Gasteiger partial charge is 0.444 e. The zero-order chi connectivity index (χ0) is 17.1. The number of hydrogen-bond acceptors (Lipinski definition) is 3. The maximum atomic E-state index is 12.6. The third-order valence-electron chi connectivity index (χ3n) is 3.93. The summed E-state index contributed by atoms with van der Waals surface area (Å²) < 4.78 is 5.48. The van der Waals surface area contributed by atoms with Crippen LogP contribution in [0.5, 0.6) is 0 Å². The third kappa shape index (κ3) is 4.46. The number of rotatable bonds is 5. The Morgan fingerprint density at radius 3 is 2.48 bits per heavy atom. The van der Waals surface area contributed by atoms with Gasteiger partial charge in [0.15, 0.2) is 0 Å². The van der Waals surface area contributed by atoms with Crippen LogP contribution in [-0.2, 0) is 4.74 Å². The van der Waals surface area contributed by atoms with Gasteiger partial charge in [0.2, 0.25) is 6.54 Å². The van der Waals surface area contributed by atoms with Crippen LogP contribution in [0.15, 0.2) is 30.3 Å². The van der Waals surface area contributed by atoms with Gasteiger partial charge >= 0.3 is 6.09 Å². The van der Waals surface area contributed by atoms with Crippen LogP contribution in [0.1, 0.15) is 45.3 Å². The second kappa shape index (κ2) is 6.59. The van der Waals surface area contributed by atoms with Gasteiger partial charge in [-0.2, -0.15) is 0 Å². The summed E-state index contributed by atoms with van der Waals surface area (Å²) in [5.74, 6) is 0. The lowest BCUT2D eigenvalue weighted by Gasteiger charge is -2.33. The molecule has 5 nitrogen and oxygen atoms in total. The van der Waals surface area contributed by atoms with Crippen LogP contribution in [0.4, 0.5) is 4.79 Å². The van der Waals surface area contributed by atoms with Gasteiger partial charge in [-0.1, -0.05) is 30.3 Å². The van der Waals surface area contributed by atoms with E-state index >= 15 is 0 Å². The van der Waals surface area contributed by atoms with Gasteiger partial charge in [-0.25, -0.2) is 11.4 Å². The van der Waals surface area contributed by atoms with Crippen LogP contribution >= 0.6 is 0 Å². The monoisotopic (exact) mass is 316 g/mol. The fourth-order valence-corrected chi connectivity index (χ4v) is 2.54. The smallest absolute Gasteiger partial charge is 0.411 e. The zero-order valence-corrected chi connectivity index (χ0v) is 14.0. The van der Waals surface area contributed by atoms with E-state index in [1.54, 1.807) is 4.90 Å². The maximum absolute atomic E-state index is 12.6. The minimum atomic E-state index is -0.799. The molecule has 0 bridgehead atoms. The summed E-state index contributed by atoms with van der Waals surface area (Å²) >= 11 is 0. The lowest BCUT2D eigenvalue weighted by Crippen LogP contribution is -2.48. The third-order valence-corrected chi connectivity index (χ3v) is 3.93. The van der Waals surface area contributed by atoms with Crippen LogP contribution < -0.4 is 0 Å². The SMILES string of the molecule is [C-]#[N+]CC1(N(CC(O)c2ccccc2)C(=O)OC(C)(C)C)CC1. The fourth-order valence-electron chi connectivity index (χ4n) is 2.54. The highest BCUT2D eigenvalue weighted by molar-refractivity contribution is 5.70. The molecular weight excluding hydrogens is 292 g/mol. The molecule has 0 aromatic heterocycles. The lowest BCUT2D eigenvalue weighted by atomic mass is 10.1. The van der Waals surface area contributed by atoms with Crippen molar-refractivity contribution in [1.29, 1.82) is 0 Å². The molecule has 1 aromatic rings. The summed E-state index contributed by atoms with van der Waals surface area (Å²) in [5.41, 5.74) is -0.346. The number of β-amino-alcohol motifs (C(OH)–C–C–N with tert-alkyl or cyclic N) is 1. The Balaban J connectivity index is 2.17. The molecule has 1 aliphatic carbocycles. The van der Waals surface area contributed by atoms with Gasteiger partial charge in [-0.3, -0.25) is 4.90 Å². The number of nitrogens with zero attached hydrogens (tertiary/aromatic N) is 2. The second-order valence-corrected chi connectivity index (χ2v) is 7.06. The van der Waals surface area contributed by atoms with Gasteiger partial charge in [-0.05, 0) is 39.2 Å². The summed E-state index contributed by atoms with van der Waals surface area (Å²) in [7, 11) is 0. The average Bonchev–Trinajstić information content (AvgIpc) is 3.24. The number of amides is 1. The molecule has 2 rings (SSSR count). The molecule has 23 heavy (non-hydrogen) atoms. The zero-order valence-electron chi connectivity index (χ0n) is 14.0. The van der Waals surface area contributed by atoms with Gasteiger partial charge in [0.1, 0.15) is 11.1 Å². The van der Waals surface area contributed by atoms with Gasteiger partial charge in [0.25, 0.3) is 0 Å². The number of benzene rings is 1. The topological polar surface area (TPSA) is 54.1 Å².